The molecular formula is C7H13F3N2. The summed E-state index contributed by atoms with van der Waals surface area (Å²) >= 11 is 0. The first kappa shape index (κ1) is 9.80. The van der Waals surface area contributed by atoms with Gasteiger partial charge in [-0.3, -0.25) is 0 Å². The van der Waals surface area contributed by atoms with E-state index in [1.807, 2.05) is 0 Å². The summed E-state index contributed by atoms with van der Waals surface area (Å²) in [6.07, 6.45) is -1.43. The van der Waals surface area contributed by atoms with Crippen LogP contribution in [-0.4, -0.2) is 24.8 Å². The summed E-state index contributed by atoms with van der Waals surface area (Å²) in [6.45, 7) is -0.668. The van der Waals surface area contributed by atoms with E-state index in [1.165, 1.54) is 0 Å². The molecule has 0 heterocycles. The van der Waals surface area contributed by atoms with Crippen molar-refractivity contribution in [3.63, 3.8) is 0 Å². The molecule has 1 aliphatic carbocycles. The maximum absolute atomic E-state index is 11.6. The van der Waals surface area contributed by atoms with Crippen LogP contribution in [0, 0.1) is 0 Å². The normalized spacial score (nSPS) is 22.0. The fraction of sp³-hybridized carbons (Fsp3) is 1.00. The van der Waals surface area contributed by atoms with Gasteiger partial charge in [-0.2, -0.15) is 13.2 Å². The third kappa shape index (κ3) is 2.98. The maximum atomic E-state index is 11.6. The number of hydrogen-bond acceptors (Lipinski definition) is 2. The van der Waals surface area contributed by atoms with Crippen molar-refractivity contribution in [2.45, 2.75) is 31.0 Å². The van der Waals surface area contributed by atoms with Crippen LogP contribution < -0.4 is 11.1 Å². The lowest BCUT2D eigenvalue weighted by Crippen LogP contribution is -2.55. The van der Waals surface area contributed by atoms with E-state index in [4.69, 9.17) is 5.73 Å². The van der Waals surface area contributed by atoms with Gasteiger partial charge in [0, 0.05) is 12.1 Å². The summed E-state index contributed by atoms with van der Waals surface area (Å²) in [4.78, 5) is 0. The van der Waals surface area contributed by atoms with Crippen molar-refractivity contribution in [1.29, 1.82) is 0 Å². The number of halogens is 3. The van der Waals surface area contributed by atoms with Gasteiger partial charge in [-0.05, 0) is 19.3 Å². The van der Waals surface area contributed by atoms with E-state index in [2.05, 4.69) is 5.32 Å². The summed E-state index contributed by atoms with van der Waals surface area (Å²) in [5.41, 5.74) is 5.33. The first-order chi connectivity index (χ1) is 5.41. The number of rotatable bonds is 3. The molecule has 1 aliphatic rings. The lowest BCUT2D eigenvalue weighted by molar-refractivity contribution is -0.125. The Morgan fingerprint density at radius 3 is 2.25 bits per heavy atom. The Labute approximate surface area is 69.3 Å². The minimum absolute atomic E-state index is 0.270. The van der Waals surface area contributed by atoms with E-state index in [0.717, 1.165) is 19.3 Å². The fourth-order valence-corrected chi connectivity index (χ4v) is 1.26. The third-order valence-corrected chi connectivity index (χ3v) is 2.15. The molecule has 2 nitrogen and oxygen atoms in total. The van der Waals surface area contributed by atoms with Crippen LogP contribution >= 0.6 is 0 Å². The fourth-order valence-electron chi connectivity index (χ4n) is 1.26. The molecule has 12 heavy (non-hydrogen) atoms. The van der Waals surface area contributed by atoms with Crippen molar-refractivity contribution in [2.75, 3.05) is 13.1 Å². The summed E-state index contributed by atoms with van der Waals surface area (Å²) < 4.78 is 34.9. The van der Waals surface area contributed by atoms with Gasteiger partial charge in [-0.15, -0.1) is 0 Å². The molecular weight excluding hydrogens is 169 g/mol. The smallest absolute Gasteiger partial charge is 0.324 e. The van der Waals surface area contributed by atoms with Crippen LogP contribution in [0.2, 0.25) is 0 Å². The van der Waals surface area contributed by atoms with Gasteiger partial charge < -0.3 is 11.1 Å². The SMILES string of the molecule is NC1(CNCC(F)(F)F)CCC1. The average Bonchev–Trinajstić information content (AvgIpc) is 1.81. The summed E-state index contributed by atoms with van der Waals surface area (Å²) in [6, 6.07) is 0. The highest BCUT2D eigenvalue weighted by atomic mass is 19.4. The Kier molecular flexibility index (Phi) is 2.63. The quantitative estimate of drug-likeness (QED) is 0.683. The van der Waals surface area contributed by atoms with Gasteiger partial charge >= 0.3 is 6.18 Å². The number of nitrogens with two attached hydrogens (primary N) is 1. The predicted molar refractivity (Wildman–Crippen MR) is 39.7 cm³/mol. The lowest BCUT2D eigenvalue weighted by Gasteiger charge is -2.38. The minimum atomic E-state index is -4.12. The van der Waals surface area contributed by atoms with E-state index < -0.39 is 12.7 Å². The van der Waals surface area contributed by atoms with Crippen LogP contribution in [0.5, 0.6) is 0 Å². The monoisotopic (exact) mass is 182 g/mol. The van der Waals surface area contributed by atoms with E-state index in [0.29, 0.717) is 0 Å². The van der Waals surface area contributed by atoms with Crippen molar-refractivity contribution >= 4 is 0 Å². The molecule has 5 heteroatoms. The zero-order chi connectivity index (χ0) is 9.24. The van der Waals surface area contributed by atoms with Crippen molar-refractivity contribution in [3.8, 4) is 0 Å². The molecule has 0 aromatic carbocycles. The van der Waals surface area contributed by atoms with Gasteiger partial charge in [0.1, 0.15) is 0 Å². The molecule has 1 fully saturated rings. The molecule has 0 radical (unpaired) electrons. The van der Waals surface area contributed by atoms with E-state index in [1.54, 1.807) is 0 Å². The second-order valence-corrected chi connectivity index (χ2v) is 3.43. The molecule has 72 valence electrons. The molecule has 3 N–H and O–H groups in total. The van der Waals surface area contributed by atoms with Gasteiger partial charge in [0.25, 0.3) is 0 Å². The summed E-state index contributed by atoms with van der Waals surface area (Å²) in [5.74, 6) is 0. The van der Waals surface area contributed by atoms with Gasteiger partial charge in [0.15, 0.2) is 0 Å². The third-order valence-electron chi connectivity index (χ3n) is 2.15. The van der Waals surface area contributed by atoms with E-state index in [9.17, 15) is 13.2 Å². The second kappa shape index (κ2) is 3.22. The van der Waals surface area contributed by atoms with Crippen LogP contribution in [0.4, 0.5) is 13.2 Å². The zero-order valence-electron chi connectivity index (χ0n) is 6.75. The maximum Gasteiger partial charge on any atom is 0.401 e. The molecule has 1 saturated carbocycles. The predicted octanol–water partition coefficient (Wildman–Crippen LogP) is 1.02. The van der Waals surface area contributed by atoms with Crippen LogP contribution in [0.1, 0.15) is 19.3 Å². The highest BCUT2D eigenvalue weighted by Gasteiger charge is 2.34. The number of hydrogen-bond donors (Lipinski definition) is 2. The van der Waals surface area contributed by atoms with Gasteiger partial charge in [-0.25, -0.2) is 0 Å². The molecule has 0 aliphatic heterocycles. The van der Waals surface area contributed by atoms with Gasteiger partial charge in [0.05, 0.1) is 6.54 Å². The summed E-state index contributed by atoms with van der Waals surface area (Å²) in [7, 11) is 0. The molecule has 0 unspecified atom stereocenters. The topological polar surface area (TPSA) is 38.0 Å². The molecule has 0 aromatic rings. The molecule has 0 saturated heterocycles. The Morgan fingerprint density at radius 1 is 1.33 bits per heavy atom. The molecule has 0 spiro atoms. The Balaban J connectivity index is 2.10. The highest BCUT2D eigenvalue weighted by molar-refractivity contribution is 4.94. The van der Waals surface area contributed by atoms with Crippen molar-refractivity contribution in [3.05, 3.63) is 0 Å². The standard InChI is InChI=1S/C7H13F3N2/c8-7(9,10)5-12-4-6(11)2-1-3-6/h12H,1-5,11H2. The first-order valence-electron chi connectivity index (χ1n) is 3.98. The van der Waals surface area contributed by atoms with E-state index >= 15 is 0 Å². The van der Waals surface area contributed by atoms with Crippen LogP contribution in [-0.2, 0) is 0 Å². The number of nitrogens with one attached hydrogen (secondary N) is 1. The molecule has 0 amide bonds. The Morgan fingerprint density at radius 2 is 1.92 bits per heavy atom. The van der Waals surface area contributed by atoms with Crippen LogP contribution in [0.25, 0.3) is 0 Å². The molecule has 1 rings (SSSR count). The zero-order valence-corrected chi connectivity index (χ0v) is 6.75. The Hall–Kier alpha value is -0.290. The average molecular weight is 182 g/mol. The molecule has 0 atom stereocenters. The van der Waals surface area contributed by atoms with Gasteiger partial charge in [0.2, 0.25) is 0 Å². The minimum Gasteiger partial charge on any atom is -0.324 e. The van der Waals surface area contributed by atoms with Crippen molar-refractivity contribution < 1.29 is 13.2 Å². The molecule has 0 bridgehead atoms. The number of alkyl halides is 3. The van der Waals surface area contributed by atoms with E-state index in [-0.39, 0.29) is 12.1 Å². The highest BCUT2D eigenvalue weighted by Crippen LogP contribution is 2.28. The Bertz CT molecular complexity index is 151. The molecule has 0 aromatic heterocycles. The van der Waals surface area contributed by atoms with Crippen LogP contribution in [0.15, 0.2) is 0 Å². The van der Waals surface area contributed by atoms with Crippen LogP contribution in [0.3, 0.4) is 0 Å². The first-order valence-corrected chi connectivity index (χ1v) is 3.98. The van der Waals surface area contributed by atoms with Crippen molar-refractivity contribution in [1.82, 2.24) is 5.32 Å². The van der Waals surface area contributed by atoms with Crippen molar-refractivity contribution in [2.24, 2.45) is 5.73 Å². The lowest BCUT2D eigenvalue weighted by atomic mass is 9.78. The largest absolute Gasteiger partial charge is 0.401 e. The second-order valence-electron chi connectivity index (χ2n) is 3.43. The summed E-state index contributed by atoms with van der Waals surface area (Å²) in [5, 5.41) is 2.32. The van der Waals surface area contributed by atoms with Gasteiger partial charge in [-0.1, -0.05) is 0 Å².